The molecule has 2 N–H and O–H groups in total. The second-order valence-electron chi connectivity index (χ2n) is 5.78. The molecule has 0 aliphatic heterocycles. The summed E-state index contributed by atoms with van der Waals surface area (Å²) in [6, 6.07) is 2.00. The first-order chi connectivity index (χ1) is 7.38. The molecule has 0 unspecified atom stereocenters. The minimum Gasteiger partial charge on any atom is -0.396 e. The third-order valence-electron chi connectivity index (χ3n) is 3.59. The van der Waals surface area contributed by atoms with Crippen LogP contribution in [0.2, 0.25) is 5.15 Å². The summed E-state index contributed by atoms with van der Waals surface area (Å²) in [6.07, 6.45) is 3.30. The van der Waals surface area contributed by atoms with Crippen LogP contribution in [0.3, 0.4) is 0 Å². The molecule has 0 aromatic carbocycles. The van der Waals surface area contributed by atoms with Crippen LogP contribution < -0.4 is 5.73 Å². The first-order valence-electron chi connectivity index (χ1n) is 5.81. The van der Waals surface area contributed by atoms with Crippen molar-refractivity contribution in [3.05, 3.63) is 22.5 Å². The van der Waals surface area contributed by atoms with E-state index in [-0.39, 0.29) is 0 Å². The Morgan fingerprint density at radius 1 is 1.44 bits per heavy atom. The molecule has 0 saturated carbocycles. The smallest absolute Gasteiger partial charge is 0.152 e. The van der Waals surface area contributed by atoms with Crippen LogP contribution in [-0.2, 0) is 12.8 Å². The van der Waals surface area contributed by atoms with Crippen molar-refractivity contribution in [2.75, 3.05) is 5.73 Å². The molecule has 1 aliphatic rings. The molecule has 0 amide bonds. The first-order valence-corrected chi connectivity index (χ1v) is 6.19. The second-order valence-corrected chi connectivity index (χ2v) is 6.14. The molecule has 0 saturated heterocycles. The van der Waals surface area contributed by atoms with Crippen LogP contribution in [0.1, 0.15) is 38.4 Å². The normalized spacial score (nSPS) is 20.6. The minimum absolute atomic E-state index is 0.353. The number of hydrogen-bond acceptors (Lipinski definition) is 2. The highest BCUT2D eigenvalue weighted by Gasteiger charge is 2.29. The van der Waals surface area contributed by atoms with E-state index in [9.17, 15) is 0 Å². The van der Waals surface area contributed by atoms with Crippen molar-refractivity contribution in [2.24, 2.45) is 11.3 Å². The molecule has 3 heteroatoms. The number of nitrogens with two attached hydrogens (primary N) is 1. The Bertz CT molecular complexity index is 407. The maximum Gasteiger partial charge on any atom is 0.152 e. The van der Waals surface area contributed by atoms with Gasteiger partial charge in [-0.15, -0.1) is 0 Å². The largest absolute Gasteiger partial charge is 0.396 e. The van der Waals surface area contributed by atoms with E-state index in [1.165, 1.54) is 12.0 Å². The van der Waals surface area contributed by atoms with E-state index in [1.807, 2.05) is 6.07 Å². The van der Waals surface area contributed by atoms with Crippen molar-refractivity contribution >= 4 is 17.3 Å². The van der Waals surface area contributed by atoms with Crippen LogP contribution in [-0.4, -0.2) is 4.98 Å². The quantitative estimate of drug-likeness (QED) is 0.703. The van der Waals surface area contributed by atoms with Crippen LogP contribution in [0.15, 0.2) is 6.07 Å². The summed E-state index contributed by atoms with van der Waals surface area (Å²) in [5, 5.41) is 0.452. The van der Waals surface area contributed by atoms with Gasteiger partial charge in [-0.1, -0.05) is 32.4 Å². The molecule has 0 fully saturated rings. The highest BCUT2D eigenvalue weighted by Crippen LogP contribution is 2.37. The fourth-order valence-corrected chi connectivity index (χ4v) is 2.55. The Balaban J connectivity index is 2.31. The molecule has 1 aromatic rings. The van der Waals surface area contributed by atoms with Gasteiger partial charge in [0.25, 0.3) is 0 Å². The molecular formula is C13H19ClN2. The molecule has 2 nitrogen and oxygen atoms in total. The maximum atomic E-state index is 5.94. The lowest BCUT2D eigenvalue weighted by atomic mass is 9.71. The van der Waals surface area contributed by atoms with Crippen LogP contribution in [0.25, 0.3) is 0 Å². The molecular weight excluding hydrogens is 220 g/mol. The van der Waals surface area contributed by atoms with Gasteiger partial charge >= 0.3 is 0 Å². The molecule has 0 spiro atoms. The van der Waals surface area contributed by atoms with Gasteiger partial charge < -0.3 is 5.73 Å². The summed E-state index contributed by atoms with van der Waals surface area (Å²) in [5.74, 6) is 0.711. The predicted octanol–water partition coefficient (Wildman–Crippen LogP) is 3.47. The van der Waals surface area contributed by atoms with Crippen molar-refractivity contribution in [1.82, 2.24) is 4.98 Å². The fraction of sp³-hybridized carbons (Fsp3) is 0.615. The summed E-state index contributed by atoms with van der Waals surface area (Å²) in [5.41, 5.74) is 9.19. The third kappa shape index (κ3) is 2.17. The molecule has 1 aromatic heterocycles. The number of rotatable bonds is 0. The number of fused-ring (bicyclic) bond motifs is 1. The molecule has 16 heavy (non-hydrogen) atoms. The van der Waals surface area contributed by atoms with Gasteiger partial charge in [0.15, 0.2) is 5.15 Å². The summed E-state index contributed by atoms with van der Waals surface area (Å²) >= 11 is 5.94. The van der Waals surface area contributed by atoms with Gasteiger partial charge in [-0.3, -0.25) is 0 Å². The zero-order chi connectivity index (χ0) is 11.9. The highest BCUT2D eigenvalue weighted by atomic mass is 35.5. The summed E-state index contributed by atoms with van der Waals surface area (Å²) < 4.78 is 0. The van der Waals surface area contributed by atoms with Gasteiger partial charge in [0, 0.05) is 5.69 Å². The summed E-state index contributed by atoms with van der Waals surface area (Å²) in [6.45, 7) is 6.90. The fourth-order valence-electron chi connectivity index (χ4n) is 2.40. The van der Waals surface area contributed by atoms with E-state index >= 15 is 0 Å². The van der Waals surface area contributed by atoms with Crippen LogP contribution in [0, 0.1) is 11.3 Å². The maximum absolute atomic E-state index is 5.94. The van der Waals surface area contributed by atoms with Crippen molar-refractivity contribution < 1.29 is 0 Å². The summed E-state index contributed by atoms with van der Waals surface area (Å²) in [7, 11) is 0. The van der Waals surface area contributed by atoms with Crippen molar-refractivity contribution in [1.29, 1.82) is 0 Å². The molecule has 0 bridgehead atoms. The molecule has 2 rings (SSSR count). The molecule has 1 aliphatic carbocycles. The van der Waals surface area contributed by atoms with Gasteiger partial charge in [-0.2, -0.15) is 0 Å². The van der Waals surface area contributed by atoms with Crippen molar-refractivity contribution in [3.8, 4) is 0 Å². The average molecular weight is 239 g/mol. The van der Waals surface area contributed by atoms with E-state index in [1.54, 1.807) is 0 Å². The Morgan fingerprint density at radius 3 is 2.75 bits per heavy atom. The van der Waals surface area contributed by atoms with E-state index in [2.05, 4.69) is 25.8 Å². The molecule has 88 valence electrons. The Hall–Kier alpha value is -0.760. The lowest BCUT2D eigenvalue weighted by Gasteiger charge is -2.34. The summed E-state index contributed by atoms with van der Waals surface area (Å²) in [4.78, 5) is 4.37. The molecule has 1 heterocycles. The molecule has 0 radical (unpaired) electrons. The van der Waals surface area contributed by atoms with E-state index in [0.717, 1.165) is 18.5 Å². The van der Waals surface area contributed by atoms with Crippen molar-refractivity contribution in [3.63, 3.8) is 0 Å². The lowest BCUT2D eigenvalue weighted by Crippen LogP contribution is -2.27. The predicted molar refractivity (Wildman–Crippen MR) is 68.6 cm³/mol. The number of anilines is 1. The van der Waals surface area contributed by atoms with Crippen molar-refractivity contribution in [2.45, 2.75) is 40.0 Å². The number of aryl methyl sites for hydroxylation is 1. The lowest BCUT2D eigenvalue weighted by molar-refractivity contribution is 0.215. The highest BCUT2D eigenvalue weighted by molar-refractivity contribution is 6.31. The Kier molecular flexibility index (Phi) is 2.87. The van der Waals surface area contributed by atoms with E-state index in [4.69, 9.17) is 17.3 Å². The minimum atomic E-state index is 0.353. The van der Waals surface area contributed by atoms with Crippen LogP contribution >= 0.6 is 11.6 Å². The van der Waals surface area contributed by atoms with E-state index in [0.29, 0.717) is 22.2 Å². The number of nitrogen functional groups attached to an aromatic ring is 1. The van der Waals surface area contributed by atoms with Crippen LogP contribution in [0.5, 0.6) is 0 Å². The Morgan fingerprint density at radius 2 is 2.12 bits per heavy atom. The number of hydrogen-bond donors (Lipinski definition) is 1. The van der Waals surface area contributed by atoms with Gasteiger partial charge in [0.2, 0.25) is 0 Å². The second kappa shape index (κ2) is 3.92. The molecule has 1 atom stereocenters. The van der Waals surface area contributed by atoms with Crippen LogP contribution in [0.4, 0.5) is 5.69 Å². The van der Waals surface area contributed by atoms with E-state index < -0.39 is 0 Å². The third-order valence-corrected chi connectivity index (χ3v) is 3.90. The van der Waals surface area contributed by atoms with Gasteiger partial charge in [-0.25, -0.2) is 4.98 Å². The number of pyridine rings is 1. The van der Waals surface area contributed by atoms with Gasteiger partial charge in [0.1, 0.15) is 0 Å². The standard InChI is InChI=1S/C13H19ClN2/c1-13(2,3)9-4-5-11-8(6-9)7-10(15)12(14)16-11/h7,9H,4-6,15H2,1-3H3/t9-/m1/s1. The van der Waals surface area contributed by atoms with Gasteiger partial charge in [0.05, 0.1) is 5.69 Å². The zero-order valence-corrected chi connectivity index (χ0v) is 10.9. The Labute approximate surface area is 102 Å². The monoisotopic (exact) mass is 238 g/mol. The number of halogens is 1. The average Bonchev–Trinajstić information content (AvgIpc) is 2.17. The first kappa shape index (κ1) is 11.7. The zero-order valence-electron chi connectivity index (χ0n) is 10.2. The SMILES string of the molecule is CC(C)(C)[C@@H]1CCc2nc(Cl)c(N)cc2C1. The topological polar surface area (TPSA) is 38.9 Å². The van der Waals surface area contributed by atoms with Gasteiger partial charge in [-0.05, 0) is 42.2 Å². The number of aromatic nitrogens is 1. The number of nitrogens with zero attached hydrogens (tertiary/aromatic N) is 1.